The Morgan fingerprint density at radius 3 is 1.45 bits per heavy atom. The third kappa shape index (κ3) is 4.09. The molecule has 0 fully saturated rings. The molecule has 11 rings (SSSR count). The van der Waals surface area contributed by atoms with Crippen LogP contribution in [0.4, 0.5) is 0 Å². The lowest BCUT2D eigenvalue weighted by Crippen LogP contribution is -1.92. The molecule has 51 heavy (non-hydrogen) atoms. The molecule has 1 aromatic heterocycles. The second-order valence-corrected chi connectivity index (χ2v) is 12.9. The summed E-state index contributed by atoms with van der Waals surface area (Å²) < 4.78 is 80.2. The van der Waals surface area contributed by atoms with Crippen molar-refractivity contribution < 1.29 is 15.4 Å². The Bertz CT molecular complexity index is 3580. The SMILES string of the molecule is [2H]c1c([2H])c([2H])c2c(-c3cccc4c(-c5cccc6oc7ccc8ccccc8c7c56)cccc34)c3c([2H])c([2H])c([2H])c([2H])c3c(-c3cccc4ccccc34)c2c1[2H]. The minimum Gasteiger partial charge on any atom is -0.456 e. The van der Waals surface area contributed by atoms with Gasteiger partial charge < -0.3 is 4.42 Å². The van der Waals surface area contributed by atoms with Gasteiger partial charge in [-0.2, -0.15) is 0 Å². The quantitative estimate of drug-likeness (QED) is 0.173. The monoisotopic (exact) mass is 654 g/mol. The molecular formula is C50H30O. The van der Waals surface area contributed by atoms with Crippen LogP contribution in [0.15, 0.2) is 186 Å². The van der Waals surface area contributed by atoms with Gasteiger partial charge in [0.05, 0.1) is 11.0 Å². The molecule has 1 heterocycles. The molecule has 0 unspecified atom stereocenters. The van der Waals surface area contributed by atoms with Crippen LogP contribution in [-0.2, 0) is 0 Å². The van der Waals surface area contributed by atoms with E-state index in [2.05, 4.69) is 30.3 Å². The van der Waals surface area contributed by atoms with Gasteiger partial charge in [-0.1, -0.05) is 170 Å². The van der Waals surface area contributed by atoms with Crippen LogP contribution in [0.1, 0.15) is 11.0 Å². The Hall–Kier alpha value is -6.70. The summed E-state index contributed by atoms with van der Waals surface area (Å²) in [5.74, 6) is 0. The molecule has 0 radical (unpaired) electrons. The van der Waals surface area contributed by atoms with E-state index in [9.17, 15) is 5.48 Å². The van der Waals surface area contributed by atoms with E-state index < -0.39 is 24.2 Å². The third-order valence-electron chi connectivity index (χ3n) is 10.3. The van der Waals surface area contributed by atoms with E-state index >= 15 is 0 Å². The maximum Gasteiger partial charge on any atom is 0.136 e. The highest BCUT2D eigenvalue weighted by Gasteiger charge is 2.21. The second-order valence-electron chi connectivity index (χ2n) is 12.9. The second kappa shape index (κ2) is 10.9. The normalized spacial score (nSPS) is 14.1. The maximum atomic E-state index is 9.54. The summed E-state index contributed by atoms with van der Waals surface area (Å²) in [6.07, 6.45) is 0. The van der Waals surface area contributed by atoms with Gasteiger partial charge in [-0.3, -0.25) is 0 Å². The van der Waals surface area contributed by atoms with E-state index in [1.807, 2.05) is 103 Å². The van der Waals surface area contributed by atoms with Gasteiger partial charge in [-0.05, 0) is 99.4 Å². The first-order valence-corrected chi connectivity index (χ1v) is 16.9. The molecule has 0 amide bonds. The molecular weight excluding hydrogens is 617 g/mol. The molecule has 0 aliphatic rings. The molecule has 236 valence electrons. The molecule has 1 nitrogen and oxygen atoms in total. The van der Waals surface area contributed by atoms with Crippen LogP contribution >= 0.6 is 0 Å². The van der Waals surface area contributed by atoms with E-state index in [0.717, 1.165) is 65.4 Å². The first-order valence-electron chi connectivity index (χ1n) is 20.9. The smallest absolute Gasteiger partial charge is 0.136 e. The van der Waals surface area contributed by atoms with Crippen LogP contribution in [0, 0.1) is 0 Å². The molecule has 0 aliphatic heterocycles. The van der Waals surface area contributed by atoms with E-state index in [0.29, 0.717) is 22.3 Å². The fourth-order valence-corrected chi connectivity index (χ4v) is 8.18. The lowest BCUT2D eigenvalue weighted by atomic mass is 9.83. The van der Waals surface area contributed by atoms with Gasteiger partial charge in [-0.25, -0.2) is 0 Å². The number of rotatable bonds is 3. The molecule has 0 spiro atoms. The molecule has 0 saturated heterocycles. The van der Waals surface area contributed by atoms with E-state index in [1.54, 1.807) is 0 Å². The standard InChI is InChI=1S/C50H30O/c1-3-16-33-31(13-1)15-9-25-38(33)47-41-18-5-7-20-43(41)48(44-21-8-6-19-42(44)47)39-26-11-22-35-36(39)23-10-24-37(35)40-27-12-28-45-50(40)49-34-17-4-2-14-32(34)29-30-46(49)51-45/h1-30H/i5D,6D,7D,8D,18D,19D,20D,21D. The van der Waals surface area contributed by atoms with E-state index in [4.69, 9.17) is 9.90 Å². The minimum atomic E-state index is -0.431. The zero-order valence-electron chi connectivity index (χ0n) is 35.1. The molecule has 11 aromatic rings. The Kier molecular flexibility index (Phi) is 4.57. The summed E-state index contributed by atoms with van der Waals surface area (Å²) in [6.45, 7) is 0. The van der Waals surface area contributed by atoms with Crippen molar-refractivity contribution in [2.24, 2.45) is 0 Å². The van der Waals surface area contributed by atoms with Crippen LogP contribution in [-0.4, -0.2) is 0 Å². The molecule has 1 heteroatoms. The van der Waals surface area contributed by atoms with Crippen molar-refractivity contribution in [3.8, 4) is 33.4 Å². The van der Waals surface area contributed by atoms with E-state index in [-0.39, 0.29) is 45.7 Å². The van der Waals surface area contributed by atoms with Crippen molar-refractivity contribution in [1.29, 1.82) is 0 Å². The van der Waals surface area contributed by atoms with Crippen molar-refractivity contribution in [3.63, 3.8) is 0 Å². The Morgan fingerprint density at radius 2 is 0.765 bits per heavy atom. The molecule has 0 atom stereocenters. The molecule has 0 bridgehead atoms. The predicted molar refractivity (Wildman–Crippen MR) is 218 cm³/mol. The third-order valence-corrected chi connectivity index (χ3v) is 10.3. The summed E-state index contributed by atoms with van der Waals surface area (Å²) in [5.41, 5.74) is 5.22. The summed E-state index contributed by atoms with van der Waals surface area (Å²) in [7, 11) is 0. The molecule has 0 N–H and O–H groups in total. The summed E-state index contributed by atoms with van der Waals surface area (Å²) in [5, 5.41) is 8.17. The first-order chi connectivity index (χ1) is 28.7. The summed E-state index contributed by atoms with van der Waals surface area (Å²) in [6, 6.07) is 40.6. The molecule has 0 saturated carbocycles. The van der Waals surface area contributed by atoms with Crippen molar-refractivity contribution in [3.05, 3.63) is 182 Å². The lowest BCUT2D eigenvalue weighted by molar-refractivity contribution is 0.669. The number of hydrogen-bond acceptors (Lipinski definition) is 1. The largest absolute Gasteiger partial charge is 0.456 e. The van der Waals surface area contributed by atoms with Crippen molar-refractivity contribution >= 4 is 75.8 Å². The number of fused-ring (bicyclic) bond motifs is 9. The van der Waals surface area contributed by atoms with Crippen LogP contribution in [0.3, 0.4) is 0 Å². The fraction of sp³-hybridized carbons (Fsp3) is 0. The predicted octanol–water partition coefficient (Wildman–Crippen LogP) is 14.4. The van der Waals surface area contributed by atoms with Gasteiger partial charge in [0.15, 0.2) is 0 Å². The highest BCUT2D eigenvalue weighted by molar-refractivity contribution is 6.27. The number of hydrogen-bond donors (Lipinski definition) is 0. The number of furan rings is 1. The number of benzene rings is 10. The molecule has 10 aromatic carbocycles. The zero-order valence-corrected chi connectivity index (χ0v) is 27.1. The van der Waals surface area contributed by atoms with Crippen molar-refractivity contribution in [1.82, 2.24) is 0 Å². The highest BCUT2D eigenvalue weighted by atomic mass is 16.3. The van der Waals surface area contributed by atoms with Crippen LogP contribution < -0.4 is 0 Å². The maximum absolute atomic E-state index is 9.54. The van der Waals surface area contributed by atoms with Gasteiger partial charge >= 0.3 is 0 Å². The van der Waals surface area contributed by atoms with Crippen LogP contribution in [0.5, 0.6) is 0 Å². The van der Waals surface area contributed by atoms with Crippen LogP contribution in [0.2, 0.25) is 0 Å². The van der Waals surface area contributed by atoms with Gasteiger partial charge in [0, 0.05) is 10.8 Å². The van der Waals surface area contributed by atoms with Gasteiger partial charge in [0.25, 0.3) is 0 Å². The Balaban J connectivity index is 1.33. The first kappa shape index (κ1) is 21.4. The topological polar surface area (TPSA) is 13.1 Å². The Labute approximate surface area is 305 Å². The van der Waals surface area contributed by atoms with Crippen LogP contribution in [0.25, 0.3) is 109 Å². The van der Waals surface area contributed by atoms with Crippen molar-refractivity contribution in [2.75, 3.05) is 0 Å². The average Bonchev–Trinajstić information content (AvgIpc) is 3.67. The summed E-state index contributed by atoms with van der Waals surface area (Å²) in [4.78, 5) is 0. The average molecular weight is 655 g/mol. The zero-order chi connectivity index (χ0) is 40.4. The summed E-state index contributed by atoms with van der Waals surface area (Å²) >= 11 is 0. The van der Waals surface area contributed by atoms with Crippen molar-refractivity contribution in [2.45, 2.75) is 0 Å². The highest BCUT2D eigenvalue weighted by Crippen LogP contribution is 2.48. The van der Waals surface area contributed by atoms with Gasteiger partial charge in [0.2, 0.25) is 0 Å². The van der Waals surface area contributed by atoms with Gasteiger partial charge in [0.1, 0.15) is 11.2 Å². The van der Waals surface area contributed by atoms with Gasteiger partial charge in [-0.15, -0.1) is 0 Å². The molecule has 0 aliphatic carbocycles. The lowest BCUT2D eigenvalue weighted by Gasteiger charge is -2.20. The fourth-order valence-electron chi connectivity index (χ4n) is 8.18. The Morgan fingerprint density at radius 1 is 0.314 bits per heavy atom. The minimum absolute atomic E-state index is 0.184. The van der Waals surface area contributed by atoms with E-state index in [1.165, 1.54) is 0 Å².